The molecule has 2 N–H and O–H groups in total. The van der Waals surface area contributed by atoms with Crippen LogP contribution in [0, 0.1) is 10.1 Å². The molecule has 1 aromatic heterocycles. The number of nitro groups is 1. The summed E-state index contributed by atoms with van der Waals surface area (Å²) in [6, 6.07) is 12.7. The van der Waals surface area contributed by atoms with Gasteiger partial charge in [0.05, 0.1) is 4.92 Å². The van der Waals surface area contributed by atoms with Crippen LogP contribution in [0.25, 0.3) is 10.9 Å². The molecule has 0 aliphatic rings. The molecule has 2 aromatic carbocycles. The lowest BCUT2D eigenvalue weighted by molar-refractivity contribution is -0.384. The van der Waals surface area contributed by atoms with Crippen molar-refractivity contribution >= 4 is 33.9 Å². The Balaban J connectivity index is 1.83. The van der Waals surface area contributed by atoms with Crippen LogP contribution >= 0.6 is 11.6 Å². The van der Waals surface area contributed by atoms with Crippen molar-refractivity contribution in [2.24, 2.45) is 0 Å². The van der Waals surface area contributed by atoms with Gasteiger partial charge in [0.25, 0.3) is 5.69 Å². The van der Waals surface area contributed by atoms with E-state index in [1.807, 2.05) is 30.5 Å². The molecule has 6 heteroatoms. The molecule has 106 valence electrons. The minimum absolute atomic E-state index is 0.0958. The predicted octanol–water partition coefficient (Wildman–Crippen LogP) is 4.34. The van der Waals surface area contributed by atoms with Crippen molar-refractivity contribution in [2.75, 3.05) is 5.32 Å². The van der Waals surface area contributed by atoms with Crippen LogP contribution in [0.2, 0.25) is 5.02 Å². The number of nitrogens with zero attached hydrogens (tertiary/aromatic N) is 1. The van der Waals surface area contributed by atoms with Crippen molar-refractivity contribution in [1.82, 2.24) is 4.98 Å². The molecule has 5 nitrogen and oxygen atoms in total. The lowest BCUT2D eigenvalue weighted by Crippen LogP contribution is -2.00. The van der Waals surface area contributed by atoms with E-state index in [-0.39, 0.29) is 10.7 Å². The van der Waals surface area contributed by atoms with Crippen LogP contribution in [0.1, 0.15) is 5.56 Å². The topological polar surface area (TPSA) is 71.0 Å². The molecule has 1 heterocycles. The van der Waals surface area contributed by atoms with Crippen LogP contribution in [-0.2, 0) is 6.54 Å². The van der Waals surface area contributed by atoms with Crippen LogP contribution < -0.4 is 5.32 Å². The number of H-pyrrole nitrogens is 1. The molecule has 3 rings (SSSR count). The van der Waals surface area contributed by atoms with Crippen molar-refractivity contribution in [2.45, 2.75) is 6.54 Å². The summed E-state index contributed by atoms with van der Waals surface area (Å²) in [5.41, 5.74) is 2.75. The number of aromatic nitrogens is 1. The van der Waals surface area contributed by atoms with Crippen molar-refractivity contribution < 1.29 is 4.92 Å². The monoisotopic (exact) mass is 301 g/mol. The van der Waals surface area contributed by atoms with Gasteiger partial charge in [-0.25, -0.2) is 0 Å². The Bertz CT molecular complexity index is 814. The van der Waals surface area contributed by atoms with Crippen LogP contribution in [0.3, 0.4) is 0 Å². The third-order valence-electron chi connectivity index (χ3n) is 3.31. The second-order valence-electron chi connectivity index (χ2n) is 4.63. The SMILES string of the molecule is O=[N+]([O-])c1cc(NCc2cccc3[nH]ccc23)ccc1Cl. The summed E-state index contributed by atoms with van der Waals surface area (Å²) >= 11 is 5.80. The lowest BCUT2D eigenvalue weighted by Gasteiger charge is -2.08. The van der Waals surface area contributed by atoms with E-state index in [2.05, 4.69) is 10.3 Å². The van der Waals surface area contributed by atoms with Gasteiger partial charge in [0.1, 0.15) is 5.02 Å². The summed E-state index contributed by atoms with van der Waals surface area (Å²) in [6.07, 6.45) is 1.89. The fraction of sp³-hybridized carbons (Fsp3) is 0.0667. The molecular weight excluding hydrogens is 290 g/mol. The Morgan fingerprint density at radius 3 is 2.90 bits per heavy atom. The molecule has 0 aliphatic carbocycles. The van der Waals surface area contributed by atoms with Gasteiger partial charge in [0.2, 0.25) is 0 Å². The van der Waals surface area contributed by atoms with Gasteiger partial charge in [0, 0.05) is 35.4 Å². The minimum Gasteiger partial charge on any atom is -0.381 e. The summed E-state index contributed by atoms with van der Waals surface area (Å²) in [4.78, 5) is 13.5. The number of anilines is 1. The number of hydrogen-bond donors (Lipinski definition) is 2. The first kappa shape index (κ1) is 13.5. The van der Waals surface area contributed by atoms with Gasteiger partial charge in [-0.2, -0.15) is 0 Å². The van der Waals surface area contributed by atoms with E-state index < -0.39 is 4.92 Å². The maximum absolute atomic E-state index is 10.9. The smallest absolute Gasteiger partial charge is 0.289 e. The molecule has 0 radical (unpaired) electrons. The maximum atomic E-state index is 10.9. The van der Waals surface area contributed by atoms with Gasteiger partial charge in [-0.1, -0.05) is 23.7 Å². The van der Waals surface area contributed by atoms with E-state index in [0.29, 0.717) is 12.2 Å². The number of hydrogen-bond acceptors (Lipinski definition) is 3. The highest BCUT2D eigenvalue weighted by atomic mass is 35.5. The molecule has 0 saturated heterocycles. The number of fused-ring (bicyclic) bond motifs is 1. The first-order valence-electron chi connectivity index (χ1n) is 6.38. The van der Waals surface area contributed by atoms with Crippen molar-refractivity contribution in [3.63, 3.8) is 0 Å². The van der Waals surface area contributed by atoms with Crippen molar-refractivity contribution in [3.05, 3.63) is 69.4 Å². The Morgan fingerprint density at radius 2 is 2.10 bits per heavy atom. The van der Waals surface area contributed by atoms with Gasteiger partial charge in [-0.05, 0) is 29.8 Å². The molecule has 0 unspecified atom stereocenters. The van der Waals surface area contributed by atoms with Crippen molar-refractivity contribution in [1.29, 1.82) is 0 Å². The molecule has 0 saturated carbocycles. The van der Waals surface area contributed by atoms with Crippen molar-refractivity contribution in [3.8, 4) is 0 Å². The first-order valence-corrected chi connectivity index (χ1v) is 6.76. The largest absolute Gasteiger partial charge is 0.381 e. The zero-order chi connectivity index (χ0) is 14.8. The Labute approximate surface area is 125 Å². The number of halogens is 1. The van der Waals surface area contributed by atoms with E-state index in [0.717, 1.165) is 16.5 Å². The lowest BCUT2D eigenvalue weighted by atomic mass is 10.1. The normalized spacial score (nSPS) is 10.7. The molecule has 21 heavy (non-hydrogen) atoms. The molecule has 0 aliphatic heterocycles. The number of rotatable bonds is 4. The average molecular weight is 302 g/mol. The third kappa shape index (κ3) is 2.68. The highest BCUT2D eigenvalue weighted by Gasteiger charge is 2.12. The fourth-order valence-electron chi connectivity index (χ4n) is 2.26. The summed E-state index contributed by atoms with van der Waals surface area (Å²) in [5, 5.41) is 15.3. The van der Waals surface area contributed by atoms with E-state index in [4.69, 9.17) is 11.6 Å². The number of nitro benzene ring substituents is 1. The van der Waals surface area contributed by atoms with Gasteiger partial charge in [-0.15, -0.1) is 0 Å². The van der Waals surface area contributed by atoms with Crippen LogP contribution in [0.4, 0.5) is 11.4 Å². The molecule has 3 aromatic rings. The molecular formula is C15H12ClN3O2. The number of nitrogens with one attached hydrogen (secondary N) is 2. The zero-order valence-corrected chi connectivity index (χ0v) is 11.7. The molecule has 0 spiro atoms. The summed E-state index contributed by atoms with van der Waals surface area (Å²) in [6.45, 7) is 0.577. The number of benzene rings is 2. The second kappa shape index (κ2) is 5.46. The maximum Gasteiger partial charge on any atom is 0.289 e. The van der Waals surface area contributed by atoms with Crippen LogP contribution in [-0.4, -0.2) is 9.91 Å². The molecule has 0 fully saturated rings. The van der Waals surface area contributed by atoms with E-state index >= 15 is 0 Å². The summed E-state index contributed by atoms with van der Waals surface area (Å²) in [5.74, 6) is 0. The van der Waals surface area contributed by atoms with Crippen LogP contribution in [0.5, 0.6) is 0 Å². The highest BCUT2D eigenvalue weighted by molar-refractivity contribution is 6.32. The van der Waals surface area contributed by atoms with Gasteiger partial charge in [-0.3, -0.25) is 10.1 Å². The average Bonchev–Trinajstić information content (AvgIpc) is 2.95. The first-order chi connectivity index (χ1) is 10.1. The minimum atomic E-state index is -0.486. The molecule has 0 bridgehead atoms. The molecule has 0 amide bonds. The molecule has 0 atom stereocenters. The number of aromatic amines is 1. The van der Waals surface area contributed by atoms with Crippen LogP contribution in [0.15, 0.2) is 48.7 Å². The third-order valence-corrected chi connectivity index (χ3v) is 3.63. The van der Waals surface area contributed by atoms with Gasteiger partial charge < -0.3 is 10.3 Å². The Kier molecular flexibility index (Phi) is 3.50. The standard InChI is InChI=1S/C15H12ClN3O2/c16-13-5-4-11(8-15(13)19(20)21)18-9-10-2-1-3-14-12(10)6-7-17-14/h1-8,17-18H,9H2. The second-order valence-corrected chi connectivity index (χ2v) is 5.04. The fourth-order valence-corrected chi connectivity index (χ4v) is 2.45. The predicted molar refractivity (Wildman–Crippen MR) is 83.7 cm³/mol. The highest BCUT2D eigenvalue weighted by Crippen LogP contribution is 2.28. The summed E-state index contributed by atoms with van der Waals surface area (Å²) < 4.78 is 0. The van der Waals surface area contributed by atoms with E-state index in [1.165, 1.54) is 12.1 Å². The van der Waals surface area contributed by atoms with E-state index in [9.17, 15) is 10.1 Å². The zero-order valence-electron chi connectivity index (χ0n) is 11.0. The summed E-state index contributed by atoms with van der Waals surface area (Å²) in [7, 11) is 0. The Hall–Kier alpha value is -2.53. The van der Waals surface area contributed by atoms with E-state index in [1.54, 1.807) is 6.07 Å². The van der Waals surface area contributed by atoms with Gasteiger partial charge >= 0.3 is 0 Å². The quantitative estimate of drug-likeness (QED) is 0.556. The Morgan fingerprint density at radius 1 is 1.24 bits per heavy atom. The van der Waals surface area contributed by atoms with Gasteiger partial charge in [0.15, 0.2) is 0 Å².